The number of aryl methyl sites for hydroxylation is 2. The Morgan fingerprint density at radius 3 is 2.95 bits per heavy atom. The lowest BCUT2D eigenvalue weighted by atomic mass is 10.2. The maximum absolute atomic E-state index is 12.1. The molecule has 7 heteroatoms. The highest BCUT2D eigenvalue weighted by Crippen LogP contribution is 2.33. The lowest BCUT2D eigenvalue weighted by molar-refractivity contribution is 0.0606. The number of rotatable bonds is 4. The molecule has 0 aliphatic rings. The number of ether oxygens (including phenoxy) is 1. The van der Waals surface area contributed by atoms with Crippen LogP contribution in [0.1, 0.15) is 34.4 Å². The Kier molecular flexibility index (Phi) is 3.89. The second-order valence-corrected chi connectivity index (χ2v) is 5.98. The molecule has 0 atom stereocenters. The van der Waals surface area contributed by atoms with Gasteiger partial charge >= 0.3 is 5.97 Å². The van der Waals surface area contributed by atoms with Gasteiger partial charge in [-0.1, -0.05) is 18.6 Å². The normalized spacial score (nSPS) is 11.0. The van der Waals surface area contributed by atoms with Gasteiger partial charge in [-0.3, -0.25) is 0 Å². The van der Waals surface area contributed by atoms with E-state index in [9.17, 15) is 4.79 Å². The van der Waals surface area contributed by atoms with Crippen molar-refractivity contribution in [1.82, 2.24) is 20.0 Å². The number of hydrogen-bond donors (Lipinski definition) is 0. The minimum absolute atomic E-state index is 0.386. The first kappa shape index (κ1) is 14.6. The largest absolute Gasteiger partial charge is 0.465 e. The highest BCUT2D eigenvalue weighted by molar-refractivity contribution is 7.21. The van der Waals surface area contributed by atoms with Crippen molar-refractivity contribution in [2.75, 3.05) is 7.11 Å². The molecular weight excluding hydrogens is 300 g/mol. The number of esters is 1. The molecule has 0 aliphatic heterocycles. The average molecular weight is 316 g/mol. The highest BCUT2D eigenvalue weighted by atomic mass is 32.1. The molecule has 0 radical (unpaired) electrons. The van der Waals surface area contributed by atoms with Crippen LogP contribution in [-0.4, -0.2) is 33.1 Å². The molecule has 0 aromatic carbocycles. The molecule has 114 valence electrons. The number of carbonyl (C=O) groups is 1. The van der Waals surface area contributed by atoms with Crippen molar-refractivity contribution in [3.05, 3.63) is 34.6 Å². The van der Waals surface area contributed by atoms with E-state index in [0.29, 0.717) is 10.6 Å². The molecule has 22 heavy (non-hydrogen) atoms. The molecule has 0 bridgehead atoms. The third-order valence-electron chi connectivity index (χ3n) is 3.32. The van der Waals surface area contributed by atoms with E-state index in [4.69, 9.17) is 4.74 Å². The Hall–Kier alpha value is -2.28. The molecule has 3 rings (SSSR count). The topological polar surface area (TPSA) is 69.9 Å². The Morgan fingerprint density at radius 1 is 1.41 bits per heavy atom. The van der Waals surface area contributed by atoms with Crippen LogP contribution in [0.25, 0.3) is 15.9 Å². The summed E-state index contributed by atoms with van der Waals surface area (Å²) in [5.74, 6) is -0.386. The van der Waals surface area contributed by atoms with Crippen molar-refractivity contribution in [1.29, 1.82) is 0 Å². The molecule has 3 aromatic rings. The summed E-state index contributed by atoms with van der Waals surface area (Å²) in [6, 6.07) is 3.88. The van der Waals surface area contributed by atoms with Crippen LogP contribution in [-0.2, 0) is 11.2 Å². The fourth-order valence-electron chi connectivity index (χ4n) is 2.30. The summed E-state index contributed by atoms with van der Waals surface area (Å²) in [5, 5.41) is 9.20. The van der Waals surface area contributed by atoms with Crippen molar-refractivity contribution in [3.8, 4) is 5.69 Å². The lowest BCUT2D eigenvalue weighted by Gasteiger charge is -2.02. The first-order valence-corrected chi connectivity index (χ1v) is 7.85. The minimum atomic E-state index is -0.386. The summed E-state index contributed by atoms with van der Waals surface area (Å²) >= 11 is 1.31. The van der Waals surface area contributed by atoms with Gasteiger partial charge in [-0.2, -0.15) is 0 Å². The summed E-state index contributed by atoms with van der Waals surface area (Å²) in [5.41, 5.74) is 2.49. The van der Waals surface area contributed by atoms with E-state index in [2.05, 4.69) is 22.2 Å². The Labute approximate surface area is 131 Å². The van der Waals surface area contributed by atoms with Gasteiger partial charge in [-0.25, -0.2) is 14.5 Å². The van der Waals surface area contributed by atoms with Crippen molar-refractivity contribution < 1.29 is 9.53 Å². The average Bonchev–Trinajstić information content (AvgIpc) is 3.10. The molecule has 0 spiro atoms. The Balaban J connectivity index is 2.22. The van der Waals surface area contributed by atoms with Gasteiger partial charge in [-0.15, -0.1) is 16.4 Å². The van der Waals surface area contributed by atoms with Gasteiger partial charge in [0.1, 0.15) is 15.4 Å². The molecule has 3 heterocycles. The zero-order valence-corrected chi connectivity index (χ0v) is 13.5. The number of carbonyl (C=O) groups excluding carboxylic acids is 1. The molecule has 0 N–H and O–H groups in total. The van der Waals surface area contributed by atoms with Crippen molar-refractivity contribution in [3.63, 3.8) is 0 Å². The van der Waals surface area contributed by atoms with E-state index < -0.39 is 0 Å². The Bertz CT molecular complexity index is 837. The molecular formula is C15H16N4O2S. The second-order valence-electron chi connectivity index (χ2n) is 4.98. The second kappa shape index (κ2) is 5.84. The highest BCUT2D eigenvalue weighted by Gasteiger charge is 2.22. The van der Waals surface area contributed by atoms with Gasteiger partial charge in [0.25, 0.3) is 0 Å². The van der Waals surface area contributed by atoms with Gasteiger partial charge in [0.05, 0.1) is 19.0 Å². The third kappa shape index (κ3) is 2.48. The fourth-order valence-corrected chi connectivity index (χ4v) is 3.42. The SMILES string of the molecule is CCCc1cn(-c2c(C(=O)OC)sc3nc(C)ccc23)nn1. The fraction of sp³-hybridized carbons (Fsp3) is 0.333. The smallest absolute Gasteiger partial charge is 0.350 e. The van der Waals surface area contributed by atoms with Gasteiger partial charge < -0.3 is 4.74 Å². The molecule has 0 aliphatic carbocycles. The van der Waals surface area contributed by atoms with Crippen LogP contribution < -0.4 is 0 Å². The molecule has 0 saturated carbocycles. The van der Waals surface area contributed by atoms with E-state index in [-0.39, 0.29) is 5.97 Å². The number of aromatic nitrogens is 4. The molecule has 3 aromatic heterocycles. The molecule has 0 fully saturated rings. The number of fused-ring (bicyclic) bond motifs is 1. The van der Waals surface area contributed by atoms with Crippen LogP contribution >= 0.6 is 11.3 Å². The van der Waals surface area contributed by atoms with Crippen molar-refractivity contribution >= 4 is 27.5 Å². The lowest BCUT2D eigenvalue weighted by Crippen LogP contribution is -2.05. The van der Waals surface area contributed by atoms with Crippen LogP contribution in [0.5, 0.6) is 0 Å². The number of nitrogens with zero attached hydrogens (tertiary/aromatic N) is 4. The molecule has 0 unspecified atom stereocenters. The van der Waals surface area contributed by atoms with Crippen LogP contribution in [0.3, 0.4) is 0 Å². The molecule has 0 saturated heterocycles. The van der Waals surface area contributed by atoms with Crippen LogP contribution in [0.2, 0.25) is 0 Å². The van der Waals surface area contributed by atoms with E-state index in [1.165, 1.54) is 18.4 Å². The van der Waals surface area contributed by atoms with Crippen molar-refractivity contribution in [2.45, 2.75) is 26.7 Å². The number of hydrogen-bond acceptors (Lipinski definition) is 6. The van der Waals surface area contributed by atoms with Gasteiger partial charge in [0.15, 0.2) is 0 Å². The quantitative estimate of drug-likeness (QED) is 0.692. The monoisotopic (exact) mass is 316 g/mol. The summed E-state index contributed by atoms with van der Waals surface area (Å²) in [6.07, 6.45) is 3.71. The van der Waals surface area contributed by atoms with Gasteiger partial charge in [0.2, 0.25) is 0 Å². The summed E-state index contributed by atoms with van der Waals surface area (Å²) in [6.45, 7) is 4.01. The predicted molar refractivity (Wildman–Crippen MR) is 84.6 cm³/mol. The number of thiophene rings is 1. The van der Waals surface area contributed by atoms with Crippen LogP contribution in [0, 0.1) is 6.92 Å². The Morgan fingerprint density at radius 2 is 2.23 bits per heavy atom. The van der Waals surface area contributed by atoms with Crippen molar-refractivity contribution in [2.24, 2.45) is 0 Å². The van der Waals surface area contributed by atoms with E-state index in [1.807, 2.05) is 25.3 Å². The molecule has 6 nitrogen and oxygen atoms in total. The summed E-state index contributed by atoms with van der Waals surface area (Å²) in [7, 11) is 1.37. The third-order valence-corrected chi connectivity index (χ3v) is 4.38. The van der Waals surface area contributed by atoms with E-state index in [1.54, 1.807) is 4.68 Å². The van der Waals surface area contributed by atoms with Gasteiger partial charge in [0, 0.05) is 11.1 Å². The van der Waals surface area contributed by atoms with E-state index in [0.717, 1.165) is 34.4 Å². The van der Waals surface area contributed by atoms with E-state index >= 15 is 0 Å². The number of methoxy groups -OCH3 is 1. The van der Waals surface area contributed by atoms with Crippen LogP contribution in [0.4, 0.5) is 0 Å². The minimum Gasteiger partial charge on any atom is -0.465 e. The zero-order chi connectivity index (χ0) is 15.7. The number of pyridine rings is 1. The maximum atomic E-state index is 12.1. The molecule has 0 amide bonds. The van der Waals surface area contributed by atoms with Gasteiger partial charge in [-0.05, 0) is 25.5 Å². The first-order valence-electron chi connectivity index (χ1n) is 7.04. The summed E-state index contributed by atoms with van der Waals surface area (Å²) in [4.78, 5) is 17.9. The maximum Gasteiger partial charge on any atom is 0.350 e. The van der Waals surface area contributed by atoms with Crippen LogP contribution in [0.15, 0.2) is 18.3 Å². The zero-order valence-electron chi connectivity index (χ0n) is 12.7. The summed E-state index contributed by atoms with van der Waals surface area (Å²) < 4.78 is 6.54. The standard InChI is InChI=1S/C15H16N4O2S/c1-4-5-10-8-19(18-17-10)12-11-7-6-9(2)16-14(11)22-13(12)15(20)21-3/h6-8H,4-5H2,1-3H3. The first-order chi connectivity index (χ1) is 10.6. The predicted octanol–water partition coefficient (Wildman–Crippen LogP) is 2.92.